The zero-order chi connectivity index (χ0) is 5.98. The van der Waals surface area contributed by atoms with Gasteiger partial charge >= 0.3 is 0 Å². The second-order valence-electron chi connectivity index (χ2n) is 2.57. The lowest BCUT2D eigenvalue weighted by Crippen LogP contribution is -2.11. The summed E-state index contributed by atoms with van der Waals surface area (Å²) in [6.45, 7) is 0.747. The summed E-state index contributed by atoms with van der Waals surface area (Å²) in [5.41, 5.74) is 5.38. The van der Waals surface area contributed by atoms with Gasteiger partial charge in [0.1, 0.15) is 0 Å². The number of nitrogens with two attached hydrogens (primary N) is 1. The summed E-state index contributed by atoms with van der Waals surface area (Å²) in [5, 5.41) is 8.98. The van der Waals surface area contributed by atoms with Crippen LogP contribution in [-0.4, -0.2) is 17.8 Å². The summed E-state index contributed by atoms with van der Waals surface area (Å²) in [5.74, 6) is 0.602. The first-order valence-electron chi connectivity index (χ1n) is 3.21. The molecule has 1 saturated carbocycles. The summed E-state index contributed by atoms with van der Waals surface area (Å²) in [6, 6.07) is 0. The third kappa shape index (κ3) is 1.20. The van der Waals surface area contributed by atoms with Crippen molar-refractivity contribution in [2.75, 3.05) is 6.54 Å². The second-order valence-corrected chi connectivity index (χ2v) is 2.57. The van der Waals surface area contributed by atoms with Gasteiger partial charge in [-0.3, -0.25) is 0 Å². The summed E-state index contributed by atoms with van der Waals surface area (Å²) in [6.07, 6.45) is 2.96. The highest BCUT2D eigenvalue weighted by molar-refractivity contribution is 4.74. The molecule has 1 rings (SSSR count). The predicted octanol–water partition coefficient (Wildman–Crippen LogP) is 0.106. The van der Waals surface area contributed by atoms with E-state index < -0.39 is 0 Å². The molecule has 2 unspecified atom stereocenters. The van der Waals surface area contributed by atoms with Gasteiger partial charge in [0.15, 0.2) is 0 Å². The van der Waals surface area contributed by atoms with Crippen LogP contribution in [0.15, 0.2) is 0 Å². The van der Waals surface area contributed by atoms with Gasteiger partial charge in [-0.25, -0.2) is 0 Å². The average Bonchev–Trinajstić information content (AvgIpc) is 2.14. The number of aliphatic hydroxyl groups is 1. The maximum absolute atomic E-state index is 8.98. The standard InChI is InChI=1S/C6H13NO/c7-4-5-1-2-6(8)3-5/h5-6,8H,1-4,7H2. The number of rotatable bonds is 1. The molecule has 1 aliphatic carbocycles. The van der Waals surface area contributed by atoms with Gasteiger partial charge in [0.25, 0.3) is 0 Å². The van der Waals surface area contributed by atoms with Crippen LogP contribution in [0.3, 0.4) is 0 Å². The molecule has 8 heavy (non-hydrogen) atoms. The number of aliphatic hydroxyl groups excluding tert-OH is 1. The van der Waals surface area contributed by atoms with Crippen molar-refractivity contribution in [3.05, 3.63) is 0 Å². The van der Waals surface area contributed by atoms with E-state index in [0.717, 1.165) is 25.8 Å². The molecule has 0 aromatic rings. The van der Waals surface area contributed by atoms with E-state index in [-0.39, 0.29) is 6.10 Å². The van der Waals surface area contributed by atoms with E-state index in [1.807, 2.05) is 0 Å². The molecule has 0 aliphatic heterocycles. The lowest BCUT2D eigenvalue weighted by molar-refractivity contribution is 0.178. The molecule has 2 atom stereocenters. The summed E-state index contributed by atoms with van der Waals surface area (Å²) in [4.78, 5) is 0. The van der Waals surface area contributed by atoms with E-state index in [4.69, 9.17) is 10.8 Å². The van der Waals surface area contributed by atoms with Gasteiger partial charge in [0.05, 0.1) is 6.10 Å². The first-order chi connectivity index (χ1) is 3.83. The average molecular weight is 115 g/mol. The Kier molecular flexibility index (Phi) is 1.86. The summed E-state index contributed by atoms with van der Waals surface area (Å²) in [7, 11) is 0. The minimum atomic E-state index is -0.0523. The highest BCUT2D eigenvalue weighted by Gasteiger charge is 2.20. The first kappa shape index (κ1) is 6.05. The van der Waals surface area contributed by atoms with Gasteiger partial charge in [-0.15, -0.1) is 0 Å². The van der Waals surface area contributed by atoms with Crippen LogP contribution in [0.25, 0.3) is 0 Å². The monoisotopic (exact) mass is 115 g/mol. The molecule has 0 radical (unpaired) electrons. The largest absolute Gasteiger partial charge is 0.393 e. The fourth-order valence-corrected chi connectivity index (χ4v) is 1.26. The summed E-state index contributed by atoms with van der Waals surface area (Å²) >= 11 is 0. The van der Waals surface area contributed by atoms with Gasteiger partial charge in [0.2, 0.25) is 0 Å². The van der Waals surface area contributed by atoms with Crippen LogP contribution in [-0.2, 0) is 0 Å². The van der Waals surface area contributed by atoms with Gasteiger partial charge in [-0.05, 0) is 31.7 Å². The molecule has 1 aliphatic rings. The van der Waals surface area contributed by atoms with E-state index in [1.54, 1.807) is 0 Å². The van der Waals surface area contributed by atoms with Crippen molar-refractivity contribution in [2.24, 2.45) is 11.7 Å². The summed E-state index contributed by atoms with van der Waals surface area (Å²) < 4.78 is 0. The highest BCUT2D eigenvalue weighted by atomic mass is 16.3. The number of hydrogen-bond acceptors (Lipinski definition) is 2. The van der Waals surface area contributed by atoms with E-state index in [2.05, 4.69) is 0 Å². The molecule has 1 fully saturated rings. The van der Waals surface area contributed by atoms with Crippen LogP contribution in [0.4, 0.5) is 0 Å². The molecule has 2 heteroatoms. The minimum Gasteiger partial charge on any atom is -0.393 e. The molecule has 0 aromatic carbocycles. The Morgan fingerprint density at radius 2 is 2.25 bits per heavy atom. The van der Waals surface area contributed by atoms with Crippen molar-refractivity contribution in [3.63, 3.8) is 0 Å². The van der Waals surface area contributed by atoms with Crippen LogP contribution in [0.2, 0.25) is 0 Å². The Hall–Kier alpha value is -0.0800. The Labute approximate surface area is 49.7 Å². The maximum Gasteiger partial charge on any atom is 0.0543 e. The van der Waals surface area contributed by atoms with Crippen molar-refractivity contribution >= 4 is 0 Å². The molecule has 3 N–H and O–H groups in total. The topological polar surface area (TPSA) is 46.2 Å². The van der Waals surface area contributed by atoms with Crippen LogP contribution in [0.5, 0.6) is 0 Å². The van der Waals surface area contributed by atoms with Crippen molar-refractivity contribution in [1.82, 2.24) is 0 Å². The minimum absolute atomic E-state index is 0.0523. The molecule has 0 heterocycles. The fraction of sp³-hybridized carbons (Fsp3) is 1.00. The van der Waals surface area contributed by atoms with Crippen molar-refractivity contribution in [3.8, 4) is 0 Å². The van der Waals surface area contributed by atoms with Crippen molar-refractivity contribution < 1.29 is 5.11 Å². The molecule has 0 saturated heterocycles. The molecular weight excluding hydrogens is 102 g/mol. The predicted molar refractivity (Wildman–Crippen MR) is 32.4 cm³/mol. The Morgan fingerprint density at radius 3 is 2.50 bits per heavy atom. The quantitative estimate of drug-likeness (QED) is 0.509. The Morgan fingerprint density at radius 1 is 1.50 bits per heavy atom. The zero-order valence-electron chi connectivity index (χ0n) is 5.01. The van der Waals surface area contributed by atoms with Crippen molar-refractivity contribution in [1.29, 1.82) is 0 Å². The molecule has 2 nitrogen and oxygen atoms in total. The maximum atomic E-state index is 8.98. The van der Waals surface area contributed by atoms with Crippen LogP contribution < -0.4 is 5.73 Å². The lowest BCUT2D eigenvalue weighted by atomic mass is 10.1. The van der Waals surface area contributed by atoms with Gasteiger partial charge in [-0.2, -0.15) is 0 Å². The lowest BCUT2D eigenvalue weighted by Gasteiger charge is -2.01. The molecule has 0 spiro atoms. The molecule has 48 valence electrons. The normalized spacial score (nSPS) is 38.2. The second kappa shape index (κ2) is 2.46. The van der Waals surface area contributed by atoms with Gasteiger partial charge < -0.3 is 10.8 Å². The highest BCUT2D eigenvalue weighted by Crippen LogP contribution is 2.23. The van der Waals surface area contributed by atoms with Crippen molar-refractivity contribution in [2.45, 2.75) is 25.4 Å². The SMILES string of the molecule is NCC1CCC(O)C1. The van der Waals surface area contributed by atoms with E-state index in [1.165, 1.54) is 0 Å². The zero-order valence-corrected chi connectivity index (χ0v) is 5.01. The third-order valence-electron chi connectivity index (χ3n) is 1.85. The first-order valence-corrected chi connectivity index (χ1v) is 3.21. The van der Waals surface area contributed by atoms with E-state index in [0.29, 0.717) is 5.92 Å². The molecule has 0 amide bonds. The smallest absolute Gasteiger partial charge is 0.0543 e. The fourth-order valence-electron chi connectivity index (χ4n) is 1.26. The number of hydrogen-bond donors (Lipinski definition) is 2. The van der Waals surface area contributed by atoms with E-state index in [9.17, 15) is 0 Å². The van der Waals surface area contributed by atoms with Crippen LogP contribution in [0.1, 0.15) is 19.3 Å². The Bertz CT molecular complexity index is 74.9. The van der Waals surface area contributed by atoms with Crippen LogP contribution >= 0.6 is 0 Å². The molecule has 0 aromatic heterocycles. The molecule has 0 bridgehead atoms. The van der Waals surface area contributed by atoms with Crippen LogP contribution in [0, 0.1) is 5.92 Å². The Balaban J connectivity index is 2.22. The molecular formula is C6H13NO. The van der Waals surface area contributed by atoms with Gasteiger partial charge in [-0.1, -0.05) is 0 Å². The third-order valence-corrected chi connectivity index (χ3v) is 1.85. The van der Waals surface area contributed by atoms with E-state index >= 15 is 0 Å². The van der Waals surface area contributed by atoms with Gasteiger partial charge in [0, 0.05) is 0 Å².